The number of amides is 2. The highest BCUT2D eigenvalue weighted by Crippen LogP contribution is 2.32. The molecule has 5 nitrogen and oxygen atoms in total. The number of rotatable bonds is 3. The van der Waals surface area contributed by atoms with Crippen molar-refractivity contribution < 1.29 is 22.8 Å². The van der Waals surface area contributed by atoms with E-state index in [0.717, 1.165) is 48.8 Å². The summed E-state index contributed by atoms with van der Waals surface area (Å²) >= 11 is 0. The number of hydrogen-bond acceptors (Lipinski definition) is 3. The molecule has 0 saturated carbocycles. The highest BCUT2D eigenvalue weighted by atomic mass is 19.1. The summed E-state index contributed by atoms with van der Waals surface area (Å²) < 4.78 is 32.3. The van der Waals surface area contributed by atoms with Crippen LogP contribution in [0.3, 0.4) is 0 Å². The Morgan fingerprint density at radius 3 is 2.77 bits per heavy atom. The third kappa shape index (κ3) is 3.09. The summed E-state index contributed by atoms with van der Waals surface area (Å²) in [6.45, 7) is 0.110. The Hall–Kier alpha value is -2.70. The number of nitrogens with one attached hydrogen (secondary N) is 1. The van der Waals surface area contributed by atoms with Crippen molar-refractivity contribution >= 4 is 17.5 Å². The van der Waals surface area contributed by atoms with Crippen molar-refractivity contribution in [2.45, 2.75) is 31.7 Å². The summed E-state index contributed by atoms with van der Waals surface area (Å²) in [7, 11) is 0. The van der Waals surface area contributed by atoms with E-state index in [9.17, 15) is 18.4 Å². The molecule has 1 aliphatic carbocycles. The zero-order valence-electron chi connectivity index (χ0n) is 14.0. The van der Waals surface area contributed by atoms with Crippen LogP contribution in [-0.2, 0) is 16.0 Å². The number of hydrogen-bond donors (Lipinski definition) is 1. The van der Waals surface area contributed by atoms with Crippen molar-refractivity contribution in [2.24, 2.45) is 5.92 Å². The maximum Gasteiger partial charge on any atom is 0.227 e. The molecule has 1 aliphatic heterocycles. The molecule has 1 N–H and O–H groups in total. The van der Waals surface area contributed by atoms with Gasteiger partial charge in [0, 0.05) is 36.7 Å². The minimum atomic E-state index is -0.754. The van der Waals surface area contributed by atoms with Crippen molar-refractivity contribution in [3.8, 4) is 0 Å². The summed E-state index contributed by atoms with van der Waals surface area (Å²) in [5.41, 5.74) is 1.12. The van der Waals surface area contributed by atoms with E-state index in [2.05, 4.69) is 5.32 Å². The van der Waals surface area contributed by atoms with Crippen LogP contribution in [0.2, 0.25) is 0 Å². The molecule has 7 heteroatoms. The van der Waals surface area contributed by atoms with Crippen LogP contribution in [0.5, 0.6) is 0 Å². The van der Waals surface area contributed by atoms with E-state index in [1.165, 1.54) is 4.90 Å². The lowest BCUT2D eigenvalue weighted by molar-refractivity contribution is -0.127. The second kappa shape index (κ2) is 6.55. The molecule has 2 atom stereocenters. The molecule has 2 amide bonds. The topological polar surface area (TPSA) is 62.6 Å². The Balaban J connectivity index is 1.46. The van der Waals surface area contributed by atoms with Gasteiger partial charge in [0.05, 0.1) is 18.2 Å². The summed E-state index contributed by atoms with van der Waals surface area (Å²) in [5, 5.41) is 2.99. The molecular weight excluding hydrogens is 342 g/mol. The van der Waals surface area contributed by atoms with E-state index in [1.807, 2.05) is 6.07 Å². The van der Waals surface area contributed by atoms with E-state index in [0.29, 0.717) is 0 Å². The normalized spacial score (nSPS) is 22.4. The largest absolute Gasteiger partial charge is 0.469 e. The Kier molecular flexibility index (Phi) is 4.22. The number of carbonyl (C=O) groups excluding carboxylic acids is 2. The first kappa shape index (κ1) is 16.8. The van der Waals surface area contributed by atoms with Gasteiger partial charge in [-0.15, -0.1) is 0 Å². The lowest BCUT2D eigenvalue weighted by Crippen LogP contribution is -2.36. The minimum absolute atomic E-state index is 0.0227. The first-order valence-electron chi connectivity index (χ1n) is 8.64. The van der Waals surface area contributed by atoms with Crippen LogP contribution in [-0.4, -0.2) is 18.4 Å². The fourth-order valence-electron chi connectivity index (χ4n) is 3.75. The van der Waals surface area contributed by atoms with Gasteiger partial charge in [-0.05, 0) is 31.0 Å². The van der Waals surface area contributed by atoms with Gasteiger partial charge in [-0.2, -0.15) is 0 Å². The van der Waals surface area contributed by atoms with Crippen molar-refractivity contribution in [1.82, 2.24) is 5.32 Å². The molecule has 4 rings (SSSR count). The van der Waals surface area contributed by atoms with E-state index in [-0.39, 0.29) is 36.5 Å². The molecule has 2 heterocycles. The molecule has 26 heavy (non-hydrogen) atoms. The average Bonchev–Trinajstić information content (AvgIpc) is 3.21. The molecule has 1 fully saturated rings. The second-order valence-corrected chi connectivity index (χ2v) is 6.79. The monoisotopic (exact) mass is 360 g/mol. The lowest BCUT2D eigenvalue weighted by Gasteiger charge is -2.24. The van der Waals surface area contributed by atoms with Crippen molar-refractivity contribution in [2.75, 3.05) is 11.4 Å². The van der Waals surface area contributed by atoms with Gasteiger partial charge in [0.15, 0.2) is 0 Å². The van der Waals surface area contributed by atoms with Gasteiger partial charge in [-0.3, -0.25) is 9.59 Å². The van der Waals surface area contributed by atoms with Gasteiger partial charge in [0.25, 0.3) is 0 Å². The molecule has 1 saturated heterocycles. The van der Waals surface area contributed by atoms with Crippen LogP contribution in [0.4, 0.5) is 14.5 Å². The fraction of sp³-hybridized carbons (Fsp3) is 0.368. The molecule has 136 valence electrons. The van der Waals surface area contributed by atoms with Gasteiger partial charge in [-0.1, -0.05) is 0 Å². The highest BCUT2D eigenvalue weighted by Gasteiger charge is 2.37. The SMILES string of the molecule is O=C(N[C@@H]1CCCc2occc21)[C@H]1CC(=O)N(c2cc(F)cc(F)c2)C1. The van der Waals surface area contributed by atoms with Gasteiger partial charge >= 0.3 is 0 Å². The third-order valence-corrected chi connectivity index (χ3v) is 5.02. The van der Waals surface area contributed by atoms with Gasteiger partial charge in [0.1, 0.15) is 17.4 Å². The Labute approximate surface area is 149 Å². The molecule has 1 aromatic heterocycles. The van der Waals surface area contributed by atoms with E-state index < -0.39 is 17.6 Å². The van der Waals surface area contributed by atoms with Crippen LogP contribution in [0.15, 0.2) is 34.9 Å². The van der Waals surface area contributed by atoms with Gasteiger partial charge in [-0.25, -0.2) is 8.78 Å². The summed E-state index contributed by atoms with van der Waals surface area (Å²) in [4.78, 5) is 26.1. The predicted octanol–water partition coefficient (Wildman–Crippen LogP) is 3.10. The molecule has 0 bridgehead atoms. The van der Waals surface area contributed by atoms with E-state index >= 15 is 0 Å². The fourth-order valence-corrected chi connectivity index (χ4v) is 3.75. The molecule has 2 aliphatic rings. The first-order chi connectivity index (χ1) is 12.5. The number of halogens is 2. The second-order valence-electron chi connectivity index (χ2n) is 6.79. The minimum Gasteiger partial charge on any atom is -0.469 e. The Morgan fingerprint density at radius 1 is 1.23 bits per heavy atom. The molecule has 0 unspecified atom stereocenters. The van der Waals surface area contributed by atoms with Gasteiger partial charge in [0.2, 0.25) is 11.8 Å². The Morgan fingerprint density at radius 2 is 2.00 bits per heavy atom. The smallest absolute Gasteiger partial charge is 0.227 e. The van der Waals surface area contributed by atoms with Crippen molar-refractivity contribution in [1.29, 1.82) is 0 Å². The van der Waals surface area contributed by atoms with Crippen LogP contribution >= 0.6 is 0 Å². The number of benzene rings is 1. The summed E-state index contributed by atoms with van der Waals surface area (Å²) in [5.74, 6) is -1.71. The molecule has 0 radical (unpaired) electrons. The predicted molar refractivity (Wildman–Crippen MR) is 89.3 cm³/mol. The van der Waals surface area contributed by atoms with Crippen LogP contribution in [0, 0.1) is 17.6 Å². The molecule has 2 aromatic rings. The van der Waals surface area contributed by atoms with Crippen LogP contribution < -0.4 is 10.2 Å². The zero-order valence-corrected chi connectivity index (χ0v) is 14.0. The number of aryl methyl sites for hydroxylation is 1. The summed E-state index contributed by atoms with van der Waals surface area (Å²) in [6.07, 6.45) is 4.24. The maximum atomic E-state index is 13.4. The lowest BCUT2D eigenvalue weighted by atomic mass is 9.93. The summed E-state index contributed by atoms with van der Waals surface area (Å²) in [6, 6.07) is 4.68. The quantitative estimate of drug-likeness (QED) is 0.915. The number of carbonyl (C=O) groups is 2. The van der Waals surface area contributed by atoms with E-state index in [4.69, 9.17) is 4.42 Å². The van der Waals surface area contributed by atoms with Gasteiger partial charge < -0.3 is 14.6 Å². The highest BCUT2D eigenvalue weighted by molar-refractivity contribution is 6.00. The number of furan rings is 1. The van der Waals surface area contributed by atoms with Crippen LogP contribution in [0.25, 0.3) is 0 Å². The number of nitrogens with zero attached hydrogens (tertiary/aromatic N) is 1. The maximum absolute atomic E-state index is 13.4. The van der Waals surface area contributed by atoms with Crippen LogP contribution in [0.1, 0.15) is 36.6 Å². The standard InChI is InChI=1S/C19H18F2N2O3/c20-12-7-13(21)9-14(8-12)23-10-11(6-18(23)24)19(25)22-16-2-1-3-17-15(16)4-5-26-17/h4-5,7-9,11,16H,1-3,6,10H2,(H,22,25)/t11-,16+/m0/s1. The zero-order chi connectivity index (χ0) is 18.3. The average molecular weight is 360 g/mol. The Bertz CT molecular complexity index is 844. The first-order valence-corrected chi connectivity index (χ1v) is 8.64. The molecule has 0 spiro atoms. The van der Waals surface area contributed by atoms with Crippen molar-refractivity contribution in [3.05, 3.63) is 53.5 Å². The molecular formula is C19H18F2N2O3. The van der Waals surface area contributed by atoms with E-state index in [1.54, 1.807) is 6.26 Å². The molecule has 1 aromatic carbocycles. The number of anilines is 1. The third-order valence-electron chi connectivity index (χ3n) is 5.02. The number of fused-ring (bicyclic) bond motifs is 1. The van der Waals surface area contributed by atoms with Crippen molar-refractivity contribution in [3.63, 3.8) is 0 Å².